The SMILES string of the molecule is CC(C)(C)c1ccc(C(=O)C(=O)NCc2ccccc2-n2cccn2)cc1. The van der Waals surface area contributed by atoms with Crippen molar-refractivity contribution in [3.05, 3.63) is 83.7 Å². The van der Waals surface area contributed by atoms with E-state index in [9.17, 15) is 9.59 Å². The molecule has 0 radical (unpaired) electrons. The minimum Gasteiger partial charge on any atom is -0.345 e. The van der Waals surface area contributed by atoms with Crippen LogP contribution in [0.4, 0.5) is 0 Å². The molecule has 1 N–H and O–H groups in total. The number of hydrogen-bond donors (Lipinski definition) is 1. The minimum absolute atomic E-state index is 0.0000468. The lowest BCUT2D eigenvalue weighted by atomic mass is 9.86. The predicted molar refractivity (Wildman–Crippen MR) is 105 cm³/mol. The molecular formula is C22H23N3O2. The van der Waals surface area contributed by atoms with Crippen molar-refractivity contribution < 1.29 is 9.59 Å². The van der Waals surface area contributed by atoms with Crippen molar-refractivity contribution in [1.82, 2.24) is 15.1 Å². The monoisotopic (exact) mass is 361 g/mol. The summed E-state index contributed by atoms with van der Waals surface area (Å²) in [5, 5.41) is 6.94. The lowest BCUT2D eigenvalue weighted by Crippen LogP contribution is -2.31. The maximum atomic E-state index is 12.4. The zero-order valence-electron chi connectivity index (χ0n) is 15.8. The molecule has 0 aliphatic rings. The van der Waals surface area contributed by atoms with Crippen LogP contribution in [0, 0.1) is 0 Å². The number of amides is 1. The van der Waals surface area contributed by atoms with E-state index in [1.807, 2.05) is 48.7 Å². The Morgan fingerprint density at radius 2 is 1.70 bits per heavy atom. The fourth-order valence-corrected chi connectivity index (χ4v) is 2.80. The van der Waals surface area contributed by atoms with Gasteiger partial charge in [-0.25, -0.2) is 4.68 Å². The highest BCUT2D eigenvalue weighted by molar-refractivity contribution is 6.42. The Balaban J connectivity index is 1.69. The van der Waals surface area contributed by atoms with E-state index in [4.69, 9.17) is 0 Å². The Morgan fingerprint density at radius 3 is 2.33 bits per heavy atom. The highest BCUT2D eigenvalue weighted by Gasteiger charge is 2.18. The molecule has 0 saturated heterocycles. The molecular weight excluding hydrogens is 338 g/mol. The van der Waals surface area contributed by atoms with Crippen molar-refractivity contribution in [3.63, 3.8) is 0 Å². The van der Waals surface area contributed by atoms with Crippen molar-refractivity contribution in [1.29, 1.82) is 0 Å². The van der Waals surface area contributed by atoms with Gasteiger partial charge in [0.2, 0.25) is 5.78 Å². The molecule has 0 aliphatic carbocycles. The van der Waals surface area contributed by atoms with Crippen LogP contribution in [-0.4, -0.2) is 21.5 Å². The molecule has 1 amide bonds. The second kappa shape index (κ2) is 7.58. The van der Waals surface area contributed by atoms with Crippen LogP contribution in [-0.2, 0) is 16.8 Å². The average Bonchev–Trinajstić information content (AvgIpc) is 3.19. The number of nitrogens with one attached hydrogen (secondary N) is 1. The number of carbonyl (C=O) groups is 2. The van der Waals surface area contributed by atoms with E-state index in [-0.39, 0.29) is 12.0 Å². The maximum absolute atomic E-state index is 12.4. The second-order valence-corrected chi connectivity index (χ2v) is 7.42. The predicted octanol–water partition coefficient (Wildman–Crippen LogP) is 3.67. The Hall–Kier alpha value is -3.21. The number of rotatable bonds is 5. The molecule has 0 spiro atoms. The third-order valence-corrected chi connectivity index (χ3v) is 4.40. The van der Waals surface area contributed by atoms with E-state index < -0.39 is 11.7 Å². The molecule has 1 aromatic heterocycles. The van der Waals surface area contributed by atoms with Gasteiger partial charge in [-0.3, -0.25) is 9.59 Å². The summed E-state index contributed by atoms with van der Waals surface area (Å²) in [6.45, 7) is 6.56. The highest BCUT2D eigenvalue weighted by atomic mass is 16.2. The summed E-state index contributed by atoms with van der Waals surface area (Å²) in [5.74, 6) is -1.15. The molecule has 1 heterocycles. The summed E-state index contributed by atoms with van der Waals surface area (Å²) in [7, 11) is 0. The number of carbonyl (C=O) groups excluding carboxylic acids is 2. The lowest BCUT2D eigenvalue weighted by molar-refractivity contribution is -0.117. The van der Waals surface area contributed by atoms with E-state index in [0.29, 0.717) is 5.56 Å². The smallest absolute Gasteiger partial charge is 0.292 e. The van der Waals surface area contributed by atoms with E-state index in [1.165, 1.54) is 0 Å². The molecule has 3 aromatic rings. The van der Waals surface area contributed by atoms with Crippen LogP contribution < -0.4 is 5.32 Å². The first-order valence-electron chi connectivity index (χ1n) is 8.87. The van der Waals surface area contributed by atoms with Crippen LogP contribution in [0.25, 0.3) is 5.69 Å². The Labute approximate surface area is 159 Å². The number of benzene rings is 2. The van der Waals surface area contributed by atoms with Gasteiger partial charge in [-0.15, -0.1) is 0 Å². The van der Waals surface area contributed by atoms with Crippen molar-refractivity contribution >= 4 is 11.7 Å². The van der Waals surface area contributed by atoms with Gasteiger partial charge in [-0.2, -0.15) is 5.10 Å². The quantitative estimate of drug-likeness (QED) is 0.557. The number of aromatic nitrogens is 2. The summed E-state index contributed by atoms with van der Waals surface area (Å²) in [5.41, 5.74) is 3.25. The summed E-state index contributed by atoms with van der Waals surface area (Å²) in [4.78, 5) is 24.7. The molecule has 0 unspecified atom stereocenters. The van der Waals surface area contributed by atoms with E-state index in [2.05, 4.69) is 31.2 Å². The Morgan fingerprint density at radius 1 is 1.00 bits per heavy atom. The van der Waals surface area contributed by atoms with Crippen LogP contribution >= 0.6 is 0 Å². The minimum atomic E-state index is -0.617. The van der Waals surface area contributed by atoms with Crippen LogP contribution in [0.1, 0.15) is 42.3 Å². The van der Waals surface area contributed by atoms with Crippen LogP contribution in [0.2, 0.25) is 0 Å². The highest BCUT2D eigenvalue weighted by Crippen LogP contribution is 2.22. The van der Waals surface area contributed by atoms with Crippen molar-refractivity contribution in [2.75, 3.05) is 0 Å². The van der Waals surface area contributed by atoms with Gasteiger partial charge in [0.15, 0.2) is 0 Å². The van der Waals surface area contributed by atoms with Crippen molar-refractivity contribution in [3.8, 4) is 5.69 Å². The van der Waals surface area contributed by atoms with Crippen molar-refractivity contribution in [2.45, 2.75) is 32.7 Å². The van der Waals surface area contributed by atoms with Crippen LogP contribution in [0.3, 0.4) is 0 Å². The van der Waals surface area contributed by atoms with Gasteiger partial charge in [0.25, 0.3) is 5.91 Å². The number of para-hydroxylation sites is 1. The molecule has 138 valence electrons. The molecule has 5 heteroatoms. The van der Waals surface area contributed by atoms with E-state index in [0.717, 1.165) is 16.8 Å². The van der Waals surface area contributed by atoms with Gasteiger partial charge < -0.3 is 5.32 Å². The van der Waals surface area contributed by atoms with Gasteiger partial charge in [0.05, 0.1) is 5.69 Å². The summed E-state index contributed by atoms with van der Waals surface area (Å²) < 4.78 is 1.73. The summed E-state index contributed by atoms with van der Waals surface area (Å²) in [6.07, 6.45) is 3.53. The number of nitrogens with zero attached hydrogens (tertiary/aromatic N) is 2. The van der Waals surface area contributed by atoms with E-state index in [1.54, 1.807) is 23.0 Å². The Bertz CT molecular complexity index is 936. The van der Waals surface area contributed by atoms with Crippen LogP contribution in [0.5, 0.6) is 0 Å². The van der Waals surface area contributed by atoms with Gasteiger partial charge in [-0.05, 0) is 28.7 Å². The van der Waals surface area contributed by atoms with Crippen LogP contribution in [0.15, 0.2) is 67.0 Å². The zero-order chi connectivity index (χ0) is 19.4. The zero-order valence-corrected chi connectivity index (χ0v) is 15.8. The third kappa shape index (κ3) is 4.31. The third-order valence-electron chi connectivity index (χ3n) is 4.40. The lowest BCUT2D eigenvalue weighted by Gasteiger charge is -2.18. The number of hydrogen-bond acceptors (Lipinski definition) is 3. The maximum Gasteiger partial charge on any atom is 0.292 e. The first-order chi connectivity index (χ1) is 12.9. The van der Waals surface area contributed by atoms with Gasteiger partial charge in [0, 0.05) is 24.5 Å². The molecule has 0 saturated carbocycles. The summed E-state index contributed by atoms with van der Waals surface area (Å²) in [6, 6.07) is 16.7. The molecule has 5 nitrogen and oxygen atoms in total. The topological polar surface area (TPSA) is 64.0 Å². The first kappa shape index (κ1) is 18.6. The molecule has 0 bridgehead atoms. The second-order valence-electron chi connectivity index (χ2n) is 7.42. The molecule has 0 atom stereocenters. The largest absolute Gasteiger partial charge is 0.345 e. The number of ketones is 1. The average molecular weight is 361 g/mol. The molecule has 2 aromatic carbocycles. The molecule has 0 aliphatic heterocycles. The van der Waals surface area contributed by atoms with Gasteiger partial charge in [0.1, 0.15) is 0 Å². The first-order valence-corrected chi connectivity index (χ1v) is 8.87. The molecule has 27 heavy (non-hydrogen) atoms. The standard InChI is InChI=1S/C22H23N3O2/c1-22(2,3)18-11-9-16(10-12-18)20(26)21(27)23-15-17-7-4-5-8-19(17)25-14-6-13-24-25/h4-14H,15H2,1-3H3,(H,23,27). The van der Waals surface area contributed by atoms with Gasteiger partial charge in [-0.1, -0.05) is 63.2 Å². The van der Waals surface area contributed by atoms with Crippen molar-refractivity contribution in [2.24, 2.45) is 0 Å². The molecule has 3 rings (SSSR count). The molecule has 0 fully saturated rings. The number of Topliss-reactive ketones (excluding diaryl/α,β-unsaturated/α-hetero) is 1. The normalized spacial score (nSPS) is 11.2. The fourth-order valence-electron chi connectivity index (χ4n) is 2.80. The van der Waals surface area contributed by atoms with E-state index >= 15 is 0 Å². The Kier molecular flexibility index (Phi) is 5.21. The fraction of sp³-hybridized carbons (Fsp3) is 0.227. The van der Waals surface area contributed by atoms with Gasteiger partial charge >= 0.3 is 0 Å². The summed E-state index contributed by atoms with van der Waals surface area (Å²) >= 11 is 0.